The summed E-state index contributed by atoms with van der Waals surface area (Å²) < 4.78 is 0. The molecule has 2 aliphatic rings. The van der Waals surface area contributed by atoms with Crippen LogP contribution in [0.4, 0.5) is 10.5 Å². The molecule has 4 amide bonds. The molecule has 1 fully saturated rings. The minimum absolute atomic E-state index is 0.0722. The Morgan fingerprint density at radius 2 is 1.93 bits per heavy atom. The molecule has 3 rings (SSSR count). The van der Waals surface area contributed by atoms with Crippen LogP contribution in [0.1, 0.15) is 24.2 Å². The van der Waals surface area contributed by atoms with Crippen LogP contribution in [-0.4, -0.2) is 53.0 Å². The summed E-state index contributed by atoms with van der Waals surface area (Å²) in [7, 11) is 1.30. The predicted octanol–water partition coefficient (Wildman–Crippen LogP) is 1.54. The van der Waals surface area contributed by atoms with E-state index >= 15 is 0 Å². The number of barbiturate groups is 1. The van der Waals surface area contributed by atoms with Crippen LogP contribution in [0.2, 0.25) is 0 Å². The Bertz CT molecular complexity index is 918. The van der Waals surface area contributed by atoms with Crippen molar-refractivity contribution in [3.05, 3.63) is 53.1 Å². The molecule has 2 N–H and O–H groups in total. The fourth-order valence-electron chi connectivity index (χ4n) is 3.35. The molecule has 8 nitrogen and oxygen atoms in total. The molecule has 140 valence electrons. The van der Waals surface area contributed by atoms with Gasteiger partial charge in [0.1, 0.15) is 5.57 Å². The summed E-state index contributed by atoms with van der Waals surface area (Å²) in [5.41, 5.74) is 1.54. The lowest BCUT2D eigenvalue weighted by Gasteiger charge is -2.30. The highest BCUT2D eigenvalue weighted by Gasteiger charge is 2.35. The van der Waals surface area contributed by atoms with E-state index in [2.05, 4.69) is 5.32 Å². The zero-order chi connectivity index (χ0) is 19.9. The number of urea groups is 1. The SMILES string of the molecule is CC1C=C(/C=C2\C(=O)NC(=O)N(C)C2=O)C(C)N1c1cccc(C(=O)O)c1. The van der Waals surface area contributed by atoms with E-state index in [0.717, 1.165) is 16.2 Å². The number of aromatic carboxylic acids is 1. The molecular formula is C19H19N3O5. The van der Waals surface area contributed by atoms with Crippen molar-refractivity contribution in [2.24, 2.45) is 0 Å². The van der Waals surface area contributed by atoms with Gasteiger partial charge in [-0.1, -0.05) is 12.1 Å². The first-order valence-electron chi connectivity index (χ1n) is 8.39. The molecule has 2 unspecified atom stereocenters. The minimum atomic E-state index is -1.01. The first-order valence-corrected chi connectivity index (χ1v) is 8.39. The number of carboxylic acids is 1. The average Bonchev–Trinajstić information content (AvgIpc) is 2.90. The maximum atomic E-state index is 12.3. The number of rotatable bonds is 3. The first kappa shape index (κ1) is 18.4. The number of benzene rings is 1. The molecule has 1 aromatic rings. The van der Waals surface area contributed by atoms with Crippen molar-refractivity contribution in [1.82, 2.24) is 10.2 Å². The van der Waals surface area contributed by atoms with Crippen molar-refractivity contribution in [2.75, 3.05) is 11.9 Å². The Morgan fingerprint density at radius 1 is 1.22 bits per heavy atom. The number of nitrogens with zero attached hydrogens (tertiary/aromatic N) is 2. The van der Waals surface area contributed by atoms with Crippen LogP contribution in [-0.2, 0) is 9.59 Å². The zero-order valence-corrected chi connectivity index (χ0v) is 15.1. The third kappa shape index (κ3) is 3.21. The molecule has 0 aromatic heterocycles. The van der Waals surface area contributed by atoms with Crippen molar-refractivity contribution in [3.63, 3.8) is 0 Å². The van der Waals surface area contributed by atoms with Gasteiger partial charge in [-0.05, 0) is 43.7 Å². The van der Waals surface area contributed by atoms with Crippen LogP contribution in [0.5, 0.6) is 0 Å². The van der Waals surface area contributed by atoms with E-state index < -0.39 is 23.8 Å². The molecule has 1 saturated heterocycles. The number of imide groups is 2. The summed E-state index contributed by atoms with van der Waals surface area (Å²) in [6.07, 6.45) is 3.39. The molecule has 0 aliphatic carbocycles. The molecule has 8 heteroatoms. The lowest BCUT2D eigenvalue weighted by Crippen LogP contribution is -2.52. The van der Waals surface area contributed by atoms with Crippen molar-refractivity contribution in [3.8, 4) is 0 Å². The smallest absolute Gasteiger partial charge is 0.335 e. The highest BCUT2D eigenvalue weighted by Crippen LogP contribution is 2.32. The summed E-state index contributed by atoms with van der Waals surface area (Å²) in [5.74, 6) is -2.39. The van der Waals surface area contributed by atoms with E-state index in [0.29, 0.717) is 0 Å². The molecule has 0 saturated carbocycles. The van der Waals surface area contributed by atoms with Crippen LogP contribution < -0.4 is 10.2 Å². The summed E-state index contributed by atoms with van der Waals surface area (Å²) in [5, 5.41) is 11.3. The van der Waals surface area contributed by atoms with Gasteiger partial charge in [0.2, 0.25) is 0 Å². The molecule has 2 heterocycles. The average molecular weight is 369 g/mol. The number of carbonyl (C=O) groups excluding carboxylic acids is 3. The second kappa shape index (κ2) is 6.71. The first-order chi connectivity index (χ1) is 12.7. The number of nitrogens with one attached hydrogen (secondary N) is 1. The third-order valence-electron chi connectivity index (χ3n) is 4.78. The summed E-state index contributed by atoms with van der Waals surface area (Å²) in [6.45, 7) is 3.84. The molecular weight excluding hydrogens is 350 g/mol. The highest BCUT2D eigenvalue weighted by atomic mass is 16.4. The van der Waals surface area contributed by atoms with Gasteiger partial charge in [-0.2, -0.15) is 0 Å². The molecule has 0 spiro atoms. The van der Waals surface area contributed by atoms with E-state index in [-0.39, 0.29) is 23.2 Å². The van der Waals surface area contributed by atoms with E-state index in [9.17, 15) is 24.3 Å². The third-order valence-corrected chi connectivity index (χ3v) is 4.78. The second-order valence-electron chi connectivity index (χ2n) is 6.53. The molecule has 1 aromatic carbocycles. The number of likely N-dealkylation sites (N-methyl/N-ethyl adjacent to an activating group) is 1. The number of carbonyl (C=O) groups is 4. The largest absolute Gasteiger partial charge is 0.478 e. The van der Waals surface area contributed by atoms with E-state index in [1.54, 1.807) is 12.1 Å². The summed E-state index contributed by atoms with van der Waals surface area (Å²) >= 11 is 0. The standard InChI is InChI=1S/C19H19N3O5/c1-10-7-13(9-15-16(23)20-19(27)21(3)17(15)24)11(2)22(10)14-6-4-5-12(8-14)18(25)26/h4-11H,1-3H3,(H,25,26)(H,20,23,27)/b15-9+. The number of carboxylic acid groups (broad SMARTS) is 1. The van der Waals surface area contributed by atoms with Gasteiger partial charge < -0.3 is 10.0 Å². The number of anilines is 1. The van der Waals surface area contributed by atoms with Gasteiger partial charge in [0.25, 0.3) is 11.8 Å². The van der Waals surface area contributed by atoms with Gasteiger partial charge >= 0.3 is 12.0 Å². The van der Waals surface area contributed by atoms with Gasteiger partial charge in [-0.15, -0.1) is 0 Å². The zero-order valence-electron chi connectivity index (χ0n) is 15.1. The molecule has 0 bridgehead atoms. The summed E-state index contributed by atoms with van der Waals surface area (Å²) in [4.78, 5) is 49.9. The van der Waals surface area contributed by atoms with Crippen LogP contribution in [0.25, 0.3) is 0 Å². The van der Waals surface area contributed by atoms with Gasteiger partial charge in [0.05, 0.1) is 11.6 Å². The van der Waals surface area contributed by atoms with Gasteiger partial charge in [-0.25, -0.2) is 9.59 Å². The fourth-order valence-corrected chi connectivity index (χ4v) is 3.35. The minimum Gasteiger partial charge on any atom is -0.478 e. The van der Waals surface area contributed by atoms with Gasteiger partial charge in [-0.3, -0.25) is 19.8 Å². The molecule has 0 radical (unpaired) electrons. The Morgan fingerprint density at radius 3 is 2.59 bits per heavy atom. The highest BCUT2D eigenvalue weighted by molar-refractivity contribution is 6.28. The molecule has 27 heavy (non-hydrogen) atoms. The van der Waals surface area contributed by atoms with Crippen LogP contribution in [0.3, 0.4) is 0 Å². The van der Waals surface area contributed by atoms with E-state index in [4.69, 9.17) is 0 Å². The molecule has 2 aliphatic heterocycles. The predicted molar refractivity (Wildman–Crippen MR) is 97.3 cm³/mol. The Hall–Kier alpha value is -3.42. The quantitative estimate of drug-likeness (QED) is 0.618. The number of amides is 4. The number of hydrogen-bond acceptors (Lipinski definition) is 5. The van der Waals surface area contributed by atoms with Crippen LogP contribution >= 0.6 is 0 Å². The lowest BCUT2D eigenvalue weighted by atomic mass is 10.0. The van der Waals surface area contributed by atoms with Crippen molar-refractivity contribution < 1.29 is 24.3 Å². The van der Waals surface area contributed by atoms with Crippen LogP contribution in [0.15, 0.2) is 47.6 Å². The van der Waals surface area contributed by atoms with E-state index in [1.165, 1.54) is 19.2 Å². The van der Waals surface area contributed by atoms with Gasteiger partial charge in [0, 0.05) is 18.8 Å². The maximum absolute atomic E-state index is 12.3. The monoisotopic (exact) mass is 369 g/mol. The Kier molecular flexibility index (Phi) is 4.57. The van der Waals surface area contributed by atoms with E-state index in [1.807, 2.05) is 30.9 Å². The van der Waals surface area contributed by atoms with Crippen LogP contribution in [0, 0.1) is 0 Å². The lowest BCUT2D eigenvalue weighted by molar-refractivity contribution is -0.129. The molecule has 2 atom stereocenters. The summed E-state index contributed by atoms with van der Waals surface area (Å²) in [6, 6.07) is 5.57. The Labute approximate surface area is 155 Å². The normalized spacial score (nSPS) is 24.3. The Balaban J connectivity index is 1.92. The number of hydrogen-bond donors (Lipinski definition) is 2. The maximum Gasteiger partial charge on any atom is 0.335 e. The van der Waals surface area contributed by atoms with Crippen molar-refractivity contribution in [2.45, 2.75) is 25.9 Å². The van der Waals surface area contributed by atoms with Gasteiger partial charge in [0.15, 0.2) is 0 Å². The topological polar surface area (TPSA) is 107 Å². The second-order valence-corrected chi connectivity index (χ2v) is 6.53. The van der Waals surface area contributed by atoms with Crippen molar-refractivity contribution in [1.29, 1.82) is 0 Å². The van der Waals surface area contributed by atoms with Crippen molar-refractivity contribution >= 4 is 29.5 Å². The fraction of sp³-hybridized carbons (Fsp3) is 0.263.